The molecule has 188 valence electrons. The first kappa shape index (κ1) is 24.7. The average Bonchev–Trinajstić information content (AvgIpc) is 3.23. The molecule has 2 amide bonds. The van der Waals surface area contributed by atoms with Crippen molar-refractivity contribution in [2.24, 2.45) is 5.41 Å². The van der Waals surface area contributed by atoms with Gasteiger partial charge >= 0.3 is 5.97 Å². The molecule has 0 fully saturated rings. The highest BCUT2D eigenvalue weighted by molar-refractivity contribution is 6.34. The molecule has 2 aliphatic rings. The van der Waals surface area contributed by atoms with Gasteiger partial charge in [-0.25, -0.2) is 9.18 Å². The lowest BCUT2D eigenvalue weighted by atomic mass is 9.79. The number of nitrogens with zero attached hydrogens (tertiary/aromatic N) is 1. The molecule has 1 aliphatic heterocycles. The quantitative estimate of drug-likeness (QED) is 0.436. The fourth-order valence-electron chi connectivity index (χ4n) is 5.18. The smallest absolute Gasteiger partial charge is 0.331 e. The fourth-order valence-corrected chi connectivity index (χ4v) is 5.39. The zero-order chi connectivity index (χ0) is 26.2. The second kappa shape index (κ2) is 9.82. The number of rotatable bonds is 4. The molecule has 5 rings (SSSR count). The van der Waals surface area contributed by atoms with E-state index in [0.29, 0.717) is 42.6 Å². The maximum absolute atomic E-state index is 13.6. The van der Waals surface area contributed by atoms with Crippen molar-refractivity contribution in [1.29, 1.82) is 0 Å². The molecule has 1 spiro atoms. The number of hydrogen-bond donors (Lipinski definition) is 2. The van der Waals surface area contributed by atoms with E-state index in [4.69, 9.17) is 11.6 Å². The number of carbonyl (C=O) groups is 3. The third-order valence-electron chi connectivity index (χ3n) is 7.11. The predicted octanol–water partition coefficient (Wildman–Crippen LogP) is 6.12. The van der Waals surface area contributed by atoms with Crippen molar-refractivity contribution in [2.75, 3.05) is 16.8 Å². The number of hydrogen-bond acceptors (Lipinski definition) is 3. The standard InChI is InChI=1S/C29H24ClFN2O4/c30-24-10-7-21(31)15-23(24)26(34)32-22-8-5-18(6-9-22)27(35)33-14-13-29(12-11-20(17-29)28(36)37)16-19-3-1-2-4-25(19)33/h1-10,15,17H,11-14,16H2,(H,32,34)(H,36,37). The number of aliphatic carboxylic acids is 1. The van der Waals surface area contributed by atoms with Crippen LogP contribution in [0.2, 0.25) is 5.02 Å². The van der Waals surface area contributed by atoms with Gasteiger partial charge in [-0.3, -0.25) is 9.59 Å². The first-order valence-electron chi connectivity index (χ1n) is 12.0. The Morgan fingerprint density at radius 3 is 2.49 bits per heavy atom. The first-order chi connectivity index (χ1) is 17.7. The van der Waals surface area contributed by atoms with Crippen LogP contribution in [0, 0.1) is 11.2 Å². The van der Waals surface area contributed by atoms with Crippen LogP contribution in [-0.4, -0.2) is 29.4 Å². The molecular weight excluding hydrogens is 495 g/mol. The number of carbonyl (C=O) groups excluding carboxylic acids is 2. The number of carboxylic acid groups (broad SMARTS) is 1. The van der Waals surface area contributed by atoms with Crippen molar-refractivity contribution < 1.29 is 23.9 Å². The number of benzene rings is 3. The number of carboxylic acids is 1. The normalized spacial score (nSPS) is 18.6. The Labute approximate surface area is 218 Å². The van der Waals surface area contributed by atoms with E-state index in [2.05, 4.69) is 5.32 Å². The minimum absolute atomic E-state index is 0.0175. The van der Waals surface area contributed by atoms with Crippen LogP contribution in [0.15, 0.2) is 78.4 Å². The van der Waals surface area contributed by atoms with Crippen molar-refractivity contribution in [2.45, 2.75) is 25.7 Å². The van der Waals surface area contributed by atoms with Crippen molar-refractivity contribution in [1.82, 2.24) is 0 Å². The second-order valence-corrected chi connectivity index (χ2v) is 9.91. The molecule has 37 heavy (non-hydrogen) atoms. The molecular formula is C29H24ClFN2O4. The molecule has 0 saturated carbocycles. The first-order valence-corrected chi connectivity index (χ1v) is 12.3. The Morgan fingerprint density at radius 1 is 1.00 bits per heavy atom. The van der Waals surface area contributed by atoms with Crippen LogP contribution in [0.5, 0.6) is 0 Å². The lowest BCUT2D eigenvalue weighted by Crippen LogP contribution is -2.33. The molecule has 0 aromatic heterocycles. The van der Waals surface area contributed by atoms with Gasteiger partial charge in [-0.15, -0.1) is 0 Å². The maximum atomic E-state index is 13.6. The summed E-state index contributed by atoms with van der Waals surface area (Å²) in [6, 6.07) is 17.8. The molecule has 1 aliphatic carbocycles. The van der Waals surface area contributed by atoms with E-state index in [1.165, 1.54) is 12.1 Å². The van der Waals surface area contributed by atoms with Gasteiger partial charge in [0.15, 0.2) is 0 Å². The van der Waals surface area contributed by atoms with E-state index in [-0.39, 0.29) is 21.9 Å². The Hall–Kier alpha value is -3.97. The summed E-state index contributed by atoms with van der Waals surface area (Å²) in [5.74, 6) is -2.19. The Morgan fingerprint density at radius 2 is 1.76 bits per heavy atom. The Balaban J connectivity index is 1.36. The number of anilines is 2. The maximum Gasteiger partial charge on any atom is 0.331 e. The number of halogens is 2. The summed E-state index contributed by atoms with van der Waals surface area (Å²) in [6.45, 7) is 0.454. The molecule has 0 saturated heterocycles. The fraction of sp³-hybridized carbons (Fsp3) is 0.207. The van der Waals surface area contributed by atoms with E-state index >= 15 is 0 Å². The van der Waals surface area contributed by atoms with Crippen LogP contribution in [0.25, 0.3) is 0 Å². The van der Waals surface area contributed by atoms with Crippen LogP contribution in [0.1, 0.15) is 45.5 Å². The highest BCUT2D eigenvalue weighted by Gasteiger charge is 2.39. The van der Waals surface area contributed by atoms with Crippen molar-refractivity contribution in [3.8, 4) is 0 Å². The van der Waals surface area contributed by atoms with Crippen LogP contribution < -0.4 is 10.2 Å². The zero-order valence-electron chi connectivity index (χ0n) is 19.8. The summed E-state index contributed by atoms with van der Waals surface area (Å²) in [7, 11) is 0. The van der Waals surface area contributed by atoms with Crippen molar-refractivity contribution >= 4 is 40.8 Å². The predicted molar refractivity (Wildman–Crippen MR) is 140 cm³/mol. The average molecular weight is 519 g/mol. The Kier molecular flexibility index (Phi) is 6.56. The lowest BCUT2D eigenvalue weighted by Gasteiger charge is -2.26. The minimum atomic E-state index is -0.880. The molecule has 6 nitrogen and oxygen atoms in total. The molecule has 1 atom stereocenters. The molecule has 3 aromatic carbocycles. The van der Waals surface area contributed by atoms with Gasteiger partial charge in [-0.05, 0) is 85.2 Å². The van der Waals surface area contributed by atoms with Gasteiger partial charge in [0.2, 0.25) is 0 Å². The summed E-state index contributed by atoms with van der Waals surface area (Å²) in [4.78, 5) is 39.4. The number of nitrogens with one attached hydrogen (secondary N) is 1. The summed E-state index contributed by atoms with van der Waals surface area (Å²) in [5, 5.41) is 12.3. The van der Waals surface area contributed by atoms with Crippen LogP contribution in [-0.2, 0) is 11.2 Å². The zero-order valence-corrected chi connectivity index (χ0v) is 20.6. The van der Waals surface area contributed by atoms with Crippen LogP contribution >= 0.6 is 11.6 Å². The summed E-state index contributed by atoms with van der Waals surface area (Å²) < 4.78 is 13.5. The summed E-state index contributed by atoms with van der Waals surface area (Å²) in [5.41, 5.74) is 2.88. The SMILES string of the molecule is O=C(O)C1=CC2(CC1)CCN(C(=O)c1ccc(NC(=O)c3cc(F)ccc3Cl)cc1)c1ccccc1C2. The molecule has 1 heterocycles. The molecule has 8 heteroatoms. The van der Waals surface area contributed by atoms with Crippen molar-refractivity contribution in [3.63, 3.8) is 0 Å². The van der Waals surface area contributed by atoms with E-state index in [1.807, 2.05) is 30.3 Å². The van der Waals surface area contributed by atoms with E-state index in [9.17, 15) is 23.9 Å². The number of fused-ring (bicyclic) bond motifs is 1. The highest BCUT2D eigenvalue weighted by atomic mass is 35.5. The summed E-state index contributed by atoms with van der Waals surface area (Å²) >= 11 is 6.02. The molecule has 3 aromatic rings. The summed E-state index contributed by atoms with van der Waals surface area (Å²) in [6.07, 6.45) is 4.50. The third-order valence-corrected chi connectivity index (χ3v) is 7.44. The van der Waals surface area contributed by atoms with Crippen LogP contribution in [0.3, 0.4) is 0 Å². The van der Waals surface area contributed by atoms with Crippen LogP contribution in [0.4, 0.5) is 15.8 Å². The van der Waals surface area contributed by atoms with E-state index in [1.54, 1.807) is 29.2 Å². The van der Waals surface area contributed by atoms with Gasteiger partial charge in [0.05, 0.1) is 10.6 Å². The largest absolute Gasteiger partial charge is 0.478 e. The number of allylic oxidation sites excluding steroid dienone is 1. The lowest BCUT2D eigenvalue weighted by molar-refractivity contribution is -0.132. The second-order valence-electron chi connectivity index (χ2n) is 9.51. The van der Waals surface area contributed by atoms with Gasteiger partial charge in [-0.1, -0.05) is 35.9 Å². The third kappa shape index (κ3) is 5.00. The Bertz CT molecular complexity index is 1440. The molecule has 1 unspecified atom stereocenters. The molecule has 0 radical (unpaired) electrons. The van der Waals surface area contributed by atoms with Gasteiger partial charge in [-0.2, -0.15) is 0 Å². The van der Waals surface area contributed by atoms with Gasteiger partial charge in [0.25, 0.3) is 11.8 Å². The number of amides is 2. The van der Waals surface area contributed by atoms with Crippen molar-refractivity contribution in [3.05, 3.63) is 106 Å². The topological polar surface area (TPSA) is 86.7 Å². The monoisotopic (exact) mass is 518 g/mol. The van der Waals surface area contributed by atoms with Gasteiger partial charge < -0.3 is 15.3 Å². The van der Waals surface area contributed by atoms with Gasteiger partial charge in [0, 0.05) is 29.1 Å². The molecule has 2 N–H and O–H groups in total. The van der Waals surface area contributed by atoms with Gasteiger partial charge in [0.1, 0.15) is 5.82 Å². The van der Waals surface area contributed by atoms with E-state index in [0.717, 1.165) is 23.7 Å². The molecule has 0 bridgehead atoms. The highest BCUT2D eigenvalue weighted by Crippen LogP contribution is 2.46. The minimum Gasteiger partial charge on any atom is -0.478 e. The van der Waals surface area contributed by atoms with E-state index < -0.39 is 17.7 Å². The number of para-hydroxylation sites is 1.